The SMILES string of the molecule is O=C(c1c[nH]c2cccnc12)C1CCCNC1. The molecule has 17 heavy (non-hydrogen) atoms. The summed E-state index contributed by atoms with van der Waals surface area (Å²) in [6.07, 6.45) is 5.57. The minimum absolute atomic E-state index is 0.102. The van der Waals surface area contributed by atoms with Crippen molar-refractivity contribution in [2.75, 3.05) is 13.1 Å². The first-order chi connectivity index (χ1) is 8.36. The third kappa shape index (κ3) is 1.85. The maximum atomic E-state index is 12.4. The Morgan fingerprint density at radius 1 is 1.47 bits per heavy atom. The average molecular weight is 229 g/mol. The molecule has 0 bridgehead atoms. The molecule has 4 heteroatoms. The van der Waals surface area contributed by atoms with Crippen molar-refractivity contribution >= 4 is 16.8 Å². The Morgan fingerprint density at radius 2 is 2.41 bits per heavy atom. The number of aromatic amines is 1. The molecule has 2 aromatic heterocycles. The van der Waals surface area contributed by atoms with Crippen LogP contribution < -0.4 is 5.32 Å². The number of nitrogens with zero attached hydrogens (tertiary/aromatic N) is 1. The molecule has 3 rings (SSSR count). The van der Waals surface area contributed by atoms with Crippen molar-refractivity contribution in [2.24, 2.45) is 5.92 Å². The molecule has 2 aromatic rings. The lowest BCUT2D eigenvalue weighted by Gasteiger charge is -2.20. The molecule has 2 N–H and O–H groups in total. The molecule has 1 aliphatic heterocycles. The van der Waals surface area contributed by atoms with E-state index in [2.05, 4.69) is 15.3 Å². The van der Waals surface area contributed by atoms with E-state index in [1.807, 2.05) is 12.1 Å². The highest BCUT2D eigenvalue weighted by Gasteiger charge is 2.24. The fourth-order valence-electron chi connectivity index (χ4n) is 2.44. The van der Waals surface area contributed by atoms with Crippen molar-refractivity contribution in [1.82, 2.24) is 15.3 Å². The van der Waals surface area contributed by atoms with Crippen molar-refractivity contribution in [1.29, 1.82) is 0 Å². The monoisotopic (exact) mass is 229 g/mol. The molecule has 1 fully saturated rings. The molecule has 1 aliphatic rings. The van der Waals surface area contributed by atoms with Crippen LogP contribution in [0.3, 0.4) is 0 Å². The van der Waals surface area contributed by atoms with Crippen LogP contribution in [0.2, 0.25) is 0 Å². The Hall–Kier alpha value is -1.68. The number of Topliss-reactive ketones (excluding diaryl/α,β-unsaturated/α-hetero) is 1. The van der Waals surface area contributed by atoms with E-state index >= 15 is 0 Å². The third-order valence-corrected chi connectivity index (χ3v) is 3.37. The van der Waals surface area contributed by atoms with E-state index in [9.17, 15) is 4.79 Å². The van der Waals surface area contributed by atoms with E-state index in [4.69, 9.17) is 0 Å². The van der Waals surface area contributed by atoms with Gasteiger partial charge in [-0.2, -0.15) is 0 Å². The van der Waals surface area contributed by atoms with Crippen LogP contribution in [0.15, 0.2) is 24.5 Å². The normalized spacial score (nSPS) is 20.6. The predicted octanol–water partition coefficient (Wildman–Crippen LogP) is 1.75. The second-order valence-corrected chi connectivity index (χ2v) is 4.51. The van der Waals surface area contributed by atoms with Crippen molar-refractivity contribution in [3.05, 3.63) is 30.1 Å². The lowest BCUT2D eigenvalue weighted by molar-refractivity contribution is 0.0901. The summed E-state index contributed by atoms with van der Waals surface area (Å²) in [4.78, 5) is 19.8. The van der Waals surface area contributed by atoms with Crippen LogP contribution in [-0.2, 0) is 0 Å². The van der Waals surface area contributed by atoms with Gasteiger partial charge >= 0.3 is 0 Å². The molecular weight excluding hydrogens is 214 g/mol. The molecule has 3 heterocycles. The molecule has 4 nitrogen and oxygen atoms in total. The number of nitrogens with one attached hydrogen (secondary N) is 2. The van der Waals surface area contributed by atoms with Gasteiger partial charge in [-0.1, -0.05) is 0 Å². The van der Waals surface area contributed by atoms with Crippen LogP contribution in [0.1, 0.15) is 23.2 Å². The number of rotatable bonds is 2. The number of hydrogen-bond donors (Lipinski definition) is 2. The summed E-state index contributed by atoms with van der Waals surface area (Å²) < 4.78 is 0. The van der Waals surface area contributed by atoms with Crippen LogP contribution in [-0.4, -0.2) is 28.8 Å². The van der Waals surface area contributed by atoms with Crippen molar-refractivity contribution in [3.63, 3.8) is 0 Å². The van der Waals surface area contributed by atoms with Gasteiger partial charge in [0.2, 0.25) is 0 Å². The molecule has 0 spiro atoms. The first-order valence-electron chi connectivity index (χ1n) is 6.03. The Balaban J connectivity index is 1.95. The summed E-state index contributed by atoms with van der Waals surface area (Å²) in [5.74, 6) is 0.312. The van der Waals surface area contributed by atoms with Crippen LogP contribution >= 0.6 is 0 Å². The Bertz CT molecular complexity index is 540. The lowest BCUT2D eigenvalue weighted by atomic mass is 9.91. The number of fused-ring (bicyclic) bond motifs is 1. The second kappa shape index (κ2) is 4.30. The zero-order chi connectivity index (χ0) is 11.7. The molecule has 0 radical (unpaired) electrons. The van der Waals surface area contributed by atoms with E-state index < -0.39 is 0 Å². The smallest absolute Gasteiger partial charge is 0.170 e. The fraction of sp³-hybridized carbons (Fsp3) is 0.385. The number of aromatic nitrogens is 2. The number of carbonyl (C=O) groups excluding carboxylic acids is 1. The number of hydrogen-bond acceptors (Lipinski definition) is 3. The minimum atomic E-state index is 0.102. The highest BCUT2D eigenvalue weighted by Crippen LogP contribution is 2.21. The molecule has 0 amide bonds. The summed E-state index contributed by atoms with van der Waals surface area (Å²) in [6, 6.07) is 3.81. The van der Waals surface area contributed by atoms with Gasteiger partial charge in [0, 0.05) is 24.9 Å². The quantitative estimate of drug-likeness (QED) is 0.771. The third-order valence-electron chi connectivity index (χ3n) is 3.37. The standard InChI is InChI=1S/C13H15N3O/c17-13(9-3-1-5-14-7-9)10-8-16-11-4-2-6-15-12(10)11/h2,4,6,8-9,14,16H,1,3,5,7H2. The molecule has 0 saturated carbocycles. The summed E-state index contributed by atoms with van der Waals surface area (Å²) in [5.41, 5.74) is 2.46. The number of pyridine rings is 1. The largest absolute Gasteiger partial charge is 0.359 e. The number of ketones is 1. The zero-order valence-electron chi connectivity index (χ0n) is 9.57. The van der Waals surface area contributed by atoms with Crippen LogP contribution in [0.5, 0.6) is 0 Å². The van der Waals surface area contributed by atoms with Gasteiger partial charge in [-0.15, -0.1) is 0 Å². The second-order valence-electron chi connectivity index (χ2n) is 4.51. The number of H-pyrrole nitrogens is 1. The molecular formula is C13H15N3O. The summed E-state index contributed by atoms with van der Waals surface area (Å²) in [5, 5.41) is 3.27. The van der Waals surface area contributed by atoms with Crippen LogP contribution in [0.4, 0.5) is 0 Å². The lowest BCUT2D eigenvalue weighted by Crippen LogP contribution is -2.34. The van der Waals surface area contributed by atoms with Gasteiger partial charge in [-0.25, -0.2) is 0 Å². The Labute approximate surface area is 99.4 Å². The van der Waals surface area contributed by atoms with E-state index in [0.29, 0.717) is 0 Å². The summed E-state index contributed by atoms with van der Waals surface area (Å²) in [7, 11) is 0. The summed E-state index contributed by atoms with van der Waals surface area (Å²) >= 11 is 0. The zero-order valence-corrected chi connectivity index (χ0v) is 9.57. The highest BCUT2D eigenvalue weighted by molar-refractivity contribution is 6.07. The maximum absolute atomic E-state index is 12.4. The van der Waals surface area contributed by atoms with Crippen molar-refractivity contribution < 1.29 is 4.79 Å². The average Bonchev–Trinajstić information content (AvgIpc) is 2.83. The van der Waals surface area contributed by atoms with Gasteiger partial charge in [0.05, 0.1) is 16.6 Å². The van der Waals surface area contributed by atoms with Crippen molar-refractivity contribution in [2.45, 2.75) is 12.8 Å². The fourth-order valence-corrected chi connectivity index (χ4v) is 2.44. The number of carbonyl (C=O) groups is 1. The van der Waals surface area contributed by atoms with Gasteiger partial charge in [-0.05, 0) is 31.5 Å². The Morgan fingerprint density at radius 3 is 3.24 bits per heavy atom. The minimum Gasteiger partial charge on any atom is -0.359 e. The highest BCUT2D eigenvalue weighted by atomic mass is 16.1. The molecule has 0 aliphatic carbocycles. The topological polar surface area (TPSA) is 57.8 Å². The van der Waals surface area contributed by atoms with Gasteiger partial charge in [0.15, 0.2) is 5.78 Å². The Kier molecular flexibility index (Phi) is 2.65. The first kappa shape index (κ1) is 10.5. The van der Waals surface area contributed by atoms with E-state index in [1.165, 1.54) is 0 Å². The van der Waals surface area contributed by atoms with Gasteiger partial charge in [0.25, 0.3) is 0 Å². The summed E-state index contributed by atoms with van der Waals surface area (Å²) in [6.45, 7) is 1.81. The number of piperidine rings is 1. The molecule has 1 unspecified atom stereocenters. The maximum Gasteiger partial charge on any atom is 0.170 e. The molecule has 88 valence electrons. The van der Waals surface area contributed by atoms with E-state index in [-0.39, 0.29) is 11.7 Å². The van der Waals surface area contributed by atoms with E-state index in [1.54, 1.807) is 12.4 Å². The van der Waals surface area contributed by atoms with Crippen LogP contribution in [0, 0.1) is 5.92 Å². The van der Waals surface area contributed by atoms with Crippen molar-refractivity contribution in [3.8, 4) is 0 Å². The van der Waals surface area contributed by atoms with Gasteiger partial charge < -0.3 is 10.3 Å². The van der Waals surface area contributed by atoms with Gasteiger partial charge in [0.1, 0.15) is 0 Å². The molecule has 1 saturated heterocycles. The predicted molar refractivity (Wildman–Crippen MR) is 66.0 cm³/mol. The molecule has 1 atom stereocenters. The van der Waals surface area contributed by atoms with E-state index in [0.717, 1.165) is 42.5 Å². The molecule has 0 aromatic carbocycles. The van der Waals surface area contributed by atoms with Crippen LogP contribution in [0.25, 0.3) is 11.0 Å². The first-order valence-corrected chi connectivity index (χ1v) is 6.03. The van der Waals surface area contributed by atoms with Gasteiger partial charge in [-0.3, -0.25) is 9.78 Å².